The fourth-order valence-corrected chi connectivity index (χ4v) is 2.49. The highest BCUT2D eigenvalue weighted by Crippen LogP contribution is 2.13. The summed E-state index contributed by atoms with van der Waals surface area (Å²) in [5.41, 5.74) is 0.759. The lowest BCUT2D eigenvalue weighted by Gasteiger charge is -2.10. The first-order chi connectivity index (χ1) is 11.6. The van der Waals surface area contributed by atoms with Gasteiger partial charge in [-0.1, -0.05) is 30.3 Å². The molecule has 6 heteroatoms. The van der Waals surface area contributed by atoms with E-state index in [1.165, 1.54) is 16.8 Å². The molecule has 5 nitrogen and oxygen atoms in total. The second kappa shape index (κ2) is 6.62. The Morgan fingerprint density at radius 2 is 1.79 bits per heavy atom. The number of hydrogen-bond donors (Lipinski definition) is 1. The zero-order valence-corrected chi connectivity index (χ0v) is 13.1. The minimum atomic E-state index is -0.377. The average Bonchev–Trinajstić information content (AvgIpc) is 2.61. The van der Waals surface area contributed by atoms with E-state index in [1.807, 2.05) is 0 Å². The molecule has 0 spiro atoms. The normalized spacial score (nSPS) is 10.8. The molecule has 0 aliphatic heterocycles. The molecule has 1 heterocycles. The summed E-state index contributed by atoms with van der Waals surface area (Å²) >= 11 is 0. The number of benzene rings is 2. The largest absolute Gasteiger partial charge is 0.347 e. The number of aryl methyl sites for hydroxylation is 1. The van der Waals surface area contributed by atoms with Gasteiger partial charge in [0, 0.05) is 18.5 Å². The Labute approximate surface area is 137 Å². The molecule has 0 saturated heterocycles. The Hall–Kier alpha value is -3.02. The molecule has 0 atom stereocenters. The van der Waals surface area contributed by atoms with E-state index in [0.29, 0.717) is 17.3 Å². The van der Waals surface area contributed by atoms with E-state index in [-0.39, 0.29) is 29.5 Å². The molecular weight excluding hydrogens is 309 g/mol. The van der Waals surface area contributed by atoms with Crippen molar-refractivity contribution in [3.8, 4) is 0 Å². The van der Waals surface area contributed by atoms with Crippen LogP contribution < -0.4 is 10.9 Å². The van der Waals surface area contributed by atoms with E-state index in [0.717, 1.165) is 5.56 Å². The molecular formula is C18H16FN3O2. The van der Waals surface area contributed by atoms with Crippen LogP contribution in [0.5, 0.6) is 0 Å². The summed E-state index contributed by atoms with van der Waals surface area (Å²) in [6.07, 6.45) is 0. The number of fused-ring (bicyclic) bond motifs is 1. The van der Waals surface area contributed by atoms with Gasteiger partial charge in [-0.25, -0.2) is 9.07 Å². The van der Waals surface area contributed by atoms with E-state index in [9.17, 15) is 14.0 Å². The summed E-state index contributed by atoms with van der Waals surface area (Å²) in [5.74, 6) is -0.703. The Bertz CT molecular complexity index is 949. The van der Waals surface area contributed by atoms with E-state index < -0.39 is 0 Å². The number of halogens is 1. The van der Waals surface area contributed by atoms with Crippen LogP contribution in [0.2, 0.25) is 0 Å². The Morgan fingerprint density at radius 1 is 1.12 bits per heavy atom. The highest BCUT2D eigenvalue weighted by atomic mass is 19.1. The summed E-state index contributed by atoms with van der Waals surface area (Å²) in [7, 11) is 0. The minimum absolute atomic E-state index is 0.203. The second-order valence-electron chi connectivity index (χ2n) is 5.32. The van der Waals surface area contributed by atoms with E-state index in [2.05, 4.69) is 10.4 Å². The molecule has 0 radical (unpaired) electrons. The van der Waals surface area contributed by atoms with Gasteiger partial charge in [0.05, 0.1) is 5.39 Å². The Balaban J connectivity index is 1.93. The first-order valence-corrected chi connectivity index (χ1v) is 7.62. The number of hydrogen-bond acceptors (Lipinski definition) is 3. The van der Waals surface area contributed by atoms with Gasteiger partial charge in [-0.05, 0) is 30.7 Å². The quantitative estimate of drug-likeness (QED) is 0.801. The van der Waals surface area contributed by atoms with Crippen LogP contribution in [0.3, 0.4) is 0 Å². The molecule has 122 valence electrons. The zero-order chi connectivity index (χ0) is 17.1. The number of aromatic nitrogens is 2. The van der Waals surface area contributed by atoms with Crippen LogP contribution in [0.25, 0.3) is 10.8 Å². The smallest absolute Gasteiger partial charge is 0.274 e. The summed E-state index contributed by atoms with van der Waals surface area (Å²) in [6.45, 7) is 2.42. The van der Waals surface area contributed by atoms with Crippen molar-refractivity contribution < 1.29 is 9.18 Å². The van der Waals surface area contributed by atoms with E-state index in [4.69, 9.17) is 0 Å². The van der Waals surface area contributed by atoms with Gasteiger partial charge in [0.15, 0.2) is 5.69 Å². The SMILES string of the molecule is CCn1nc(C(=O)NCc2ccc(F)cc2)c2ccccc2c1=O. The van der Waals surface area contributed by atoms with E-state index >= 15 is 0 Å². The van der Waals surface area contributed by atoms with Crippen molar-refractivity contribution in [3.63, 3.8) is 0 Å². The van der Waals surface area contributed by atoms with Gasteiger partial charge in [0.2, 0.25) is 0 Å². The summed E-state index contributed by atoms with van der Waals surface area (Å²) in [5, 5.41) is 7.91. The van der Waals surface area contributed by atoms with Crippen molar-refractivity contribution in [1.82, 2.24) is 15.1 Å². The summed E-state index contributed by atoms with van der Waals surface area (Å²) in [4.78, 5) is 24.8. The van der Waals surface area contributed by atoms with Crippen molar-refractivity contribution in [2.24, 2.45) is 0 Å². The number of rotatable bonds is 4. The van der Waals surface area contributed by atoms with Crippen molar-refractivity contribution in [1.29, 1.82) is 0 Å². The standard InChI is InChI=1S/C18H16FN3O2/c1-2-22-18(24)15-6-4-3-5-14(15)16(21-22)17(23)20-11-12-7-9-13(19)10-8-12/h3-10H,2,11H2,1H3,(H,20,23). The highest BCUT2D eigenvalue weighted by molar-refractivity contribution is 6.04. The lowest BCUT2D eigenvalue weighted by Crippen LogP contribution is -2.30. The van der Waals surface area contributed by atoms with Crippen molar-refractivity contribution in [3.05, 3.63) is 76.0 Å². The third-order valence-corrected chi connectivity index (χ3v) is 3.75. The lowest BCUT2D eigenvalue weighted by atomic mass is 10.1. The molecule has 1 N–H and O–H groups in total. The van der Waals surface area contributed by atoms with Gasteiger partial charge in [-0.15, -0.1) is 0 Å². The minimum Gasteiger partial charge on any atom is -0.347 e. The molecule has 1 aromatic heterocycles. The molecule has 0 unspecified atom stereocenters. The third-order valence-electron chi connectivity index (χ3n) is 3.75. The molecule has 1 amide bonds. The highest BCUT2D eigenvalue weighted by Gasteiger charge is 2.15. The van der Waals surface area contributed by atoms with Crippen LogP contribution in [0, 0.1) is 5.82 Å². The number of nitrogens with one attached hydrogen (secondary N) is 1. The topological polar surface area (TPSA) is 64.0 Å². The van der Waals surface area contributed by atoms with Crippen LogP contribution in [-0.4, -0.2) is 15.7 Å². The average molecular weight is 325 g/mol. The first-order valence-electron chi connectivity index (χ1n) is 7.62. The van der Waals surface area contributed by atoms with E-state index in [1.54, 1.807) is 43.3 Å². The zero-order valence-electron chi connectivity index (χ0n) is 13.1. The molecule has 24 heavy (non-hydrogen) atoms. The summed E-state index contributed by atoms with van der Waals surface area (Å²) < 4.78 is 14.2. The third kappa shape index (κ3) is 3.03. The molecule has 0 aliphatic rings. The van der Waals surface area contributed by atoms with Crippen LogP contribution >= 0.6 is 0 Å². The number of carbonyl (C=O) groups is 1. The number of amides is 1. The van der Waals surface area contributed by atoms with Gasteiger partial charge in [0.25, 0.3) is 11.5 Å². The van der Waals surface area contributed by atoms with Crippen LogP contribution in [0.15, 0.2) is 53.3 Å². The van der Waals surface area contributed by atoms with Gasteiger partial charge in [-0.3, -0.25) is 9.59 Å². The Morgan fingerprint density at radius 3 is 2.46 bits per heavy atom. The molecule has 0 aliphatic carbocycles. The van der Waals surface area contributed by atoms with Crippen molar-refractivity contribution in [2.75, 3.05) is 0 Å². The fraction of sp³-hybridized carbons (Fsp3) is 0.167. The van der Waals surface area contributed by atoms with Gasteiger partial charge < -0.3 is 5.32 Å². The van der Waals surface area contributed by atoms with Gasteiger partial charge >= 0.3 is 0 Å². The number of carbonyl (C=O) groups excluding carboxylic acids is 1. The fourth-order valence-electron chi connectivity index (χ4n) is 2.49. The first kappa shape index (κ1) is 15.9. The maximum atomic E-state index is 12.9. The molecule has 0 saturated carbocycles. The second-order valence-corrected chi connectivity index (χ2v) is 5.32. The number of nitrogens with zero attached hydrogens (tertiary/aromatic N) is 2. The maximum absolute atomic E-state index is 12.9. The molecule has 2 aromatic carbocycles. The lowest BCUT2D eigenvalue weighted by molar-refractivity contribution is 0.0945. The summed E-state index contributed by atoms with van der Waals surface area (Å²) in [6, 6.07) is 12.8. The Kier molecular flexibility index (Phi) is 4.37. The molecule has 0 fully saturated rings. The maximum Gasteiger partial charge on any atom is 0.274 e. The van der Waals surface area contributed by atoms with Crippen molar-refractivity contribution in [2.45, 2.75) is 20.0 Å². The monoisotopic (exact) mass is 325 g/mol. The molecule has 0 bridgehead atoms. The van der Waals surface area contributed by atoms with Gasteiger partial charge in [0.1, 0.15) is 5.82 Å². The van der Waals surface area contributed by atoms with Gasteiger partial charge in [-0.2, -0.15) is 5.10 Å². The molecule has 3 aromatic rings. The van der Waals surface area contributed by atoms with Crippen LogP contribution in [0.1, 0.15) is 23.0 Å². The van der Waals surface area contributed by atoms with Crippen LogP contribution in [-0.2, 0) is 13.1 Å². The van der Waals surface area contributed by atoms with Crippen molar-refractivity contribution >= 4 is 16.7 Å². The predicted octanol–water partition coefficient (Wildman–Crippen LogP) is 2.49. The predicted molar refractivity (Wildman–Crippen MR) is 89.2 cm³/mol. The van der Waals surface area contributed by atoms with Crippen LogP contribution in [0.4, 0.5) is 4.39 Å². The molecule has 3 rings (SSSR count).